The van der Waals surface area contributed by atoms with E-state index in [4.69, 9.17) is 5.73 Å². The van der Waals surface area contributed by atoms with Crippen LogP contribution in [0.2, 0.25) is 0 Å². The van der Waals surface area contributed by atoms with Crippen molar-refractivity contribution in [2.75, 3.05) is 19.6 Å². The van der Waals surface area contributed by atoms with E-state index in [1.807, 2.05) is 0 Å². The molecule has 1 fully saturated rings. The Morgan fingerprint density at radius 2 is 1.81 bits per heavy atom. The molecule has 0 aliphatic heterocycles. The van der Waals surface area contributed by atoms with Crippen molar-refractivity contribution in [1.29, 1.82) is 0 Å². The number of rotatable bonds is 10. The first kappa shape index (κ1) is 14.0. The van der Waals surface area contributed by atoms with Crippen LogP contribution in [0, 0.1) is 11.3 Å². The molecule has 1 aliphatic rings. The van der Waals surface area contributed by atoms with Crippen LogP contribution in [0.15, 0.2) is 0 Å². The van der Waals surface area contributed by atoms with Gasteiger partial charge in [-0.3, -0.25) is 0 Å². The highest BCUT2D eigenvalue weighted by Crippen LogP contribution is 2.43. The molecule has 96 valence electrons. The van der Waals surface area contributed by atoms with E-state index in [0.29, 0.717) is 5.41 Å². The quantitative estimate of drug-likeness (QED) is 0.562. The molecule has 1 aliphatic carbocycles. The minimum absolute atomic E-state index is 0.498. The molecule has 0 atom stereocenters. The van der Waals surface area contributed by atoms with Crippen molar-refractivity contribution in [2.45, 2.75) is 58.8 Å². The number of unbranched alkanes of at least 4 members (excludes halogenated alkanes) is 3. The predicted octanol–water partition coefficient (Wildman–Crippen LogP) is 2.92. The molecule has 16 heavy (non-hydrogen) atoms. The molecule has 3 N–H and O–H groups in total. The fourth-order valence-electron chi connectivity index (χ4n) is 2.14. The summed E-state index contributed by atoms with van der Waals surface area (Å²) in [4.78, 5) is 0. The van der Waals surface area contributed by atoms with Crippen LogP contribution in [0.5, 0.6) is 0 Å². The van der Waals surface area contributed by atoms with Crippen LogP contribution in [0.25, 0.3) is 0 Å². The molecule has 0 spiro atoms. The Morgan fingerprint density at radius 1 is 1.12 bits per heavy atom. The molecule has 0 aromatic carbocycles. The summed E-state index contributed by atoms with van der Waals surface area (Å²) in [6.45, 7) is 7.82. The van der Waals surface area contributed by atoms with E-state index in [2.05, 4.69) is 19.2 Å². The molecule has 0 amide bonds. The lowest BCUT2D eigenvalue weighted by molar-refractivity contribution is 0.455. The second kappa shape index (κ2) is 7.29. The van der Waals surface area contributed by atoms with Crippen molar-refractivity contribution in [1.82, 2.24) is 5.32 Å². The molecule has 0 aromatic heterocycles. The summed E-state index contributed by atoms with van der Waals surface area (Å²) >= 11 is 0. The molecular formula is C14H30N2. The van der Waals surface area contributed by atoms with Crippen molar-refractivity contribution < 1.29 is 0 Å². The van der Waals surface area contributed by atoms with Gasteiger partial charge in [-0.15, -0.1) is 0 Å². The lowest BCUT2D eigenvalue weighted by Gasteiger charge is -2.13. The Kier molecular flexibility index (Phi) is 6.37. The molecule has 0 heterocycles. The van der Waals surface area contributed by atoms with Crippen LogP contribution in [0.4, 0.5) is 0 Å². The predicted molar refractivity (Wildman–Crippen MR) is 71.5 cm³/mol. The lowest BCUT2D eigenvalue weighted by atomic mass is 10.0. The van der Waals surface area contributed by atoms with Crippen LogP contribution in [0.3, 0.4) is 0 Å². The summed E-state index contributed by atoms with van der Waals surface area (Å²) in [6, 6.07) is 0. The highest BCUT2D eigenvalue weighted by atomic mass is 14.9. The largest absolute Gasteiger partial charge is 0.330 e. The zero-order valence-electron chi connectivity index (χ0n) is 11.2. The highest BCUT2D eigenvalue weighted by Gasteiger charge is 2.40. The minimum Gasteiger partial charge on any atom is -0.330 e. The third-order valence-electron chi connectivity index (χ3n) is 3.78. The van der Waals surface area contributed by atoms with Crippen molar-refractivity contribution in [3.8, 4) is 0 Å². The topological polar surface area (TPSA) is 38.0 Å². The Bertz CT molecular complexity index is 174. The summed E-state index contributed by atoms with van der Waals surface area (Å²) in [7, 11) is 0. The van der Waals surface area contributed by atoms with Gasteiger partial charge in [-0.05, 0) is 43.7 Å². The van der Waals surface area contributed by atoms with Crippen LogP contribution in [0.1, 0.15) is 58.8 Å². The van der Waals surface area contributed by atoms with Gasteiger partial charge in [0.05, 0.1) is 0 Å². The summed E-state index contributed by atoms with van der Waals surface area (Å²) < 4.78 is 0. The smallest absolute Gasteiger partial charge is 0.00199 e. The first-order valence-electron chi connectivity index (χ1n) is 7.09. The van der Waals surface area contributed by atoms with Crippen LogP contribution in [-0.4, -0.2) is 19.6 Å². The van der Waals surface area contributed by atoms with Crippen molar-refractivity contribution in [3.05, 3.63) is 0 Å². The Morgan fingerprint density at radius 3 is 2.38 bits per heavy atom. The van der Waals surface area contributed by atoms with E-state index in [1.54, 1.807) is 0 Å². The average Bonchev–Trinajstić information content (AvgIpc) is 3.02. The minimum atomic E-state index is 0.498. The third-order valence-corrected chi connectivity index (χ3v) is 3.78. The molecular weight excluding hydrogens is 196 g/mol. The fraction of sp³-hybridized carbons (Fsp3) is 1.00. The highest BCUT2D eigenvalue weighted by molar-refractivity contribution is 4.95. The maximum Gasteiger partial charge on any atom is 0.00199 e. The monoisotopic (exact) mass is 226 g/mol. The zero-order chi connectivity index (χ0) is 11.9. The van der Waals surface area contributed by atoms with Gasteiger partial charge in [0.1, 0.15) is 0 Å². The molecule has 0 saturated heterocycles. The third kappa shape index (κ3) is 5.86. The maximum absolute atomic E-state index is 5.74. The van der Waals surface area contributed by atoms with Crippen LogP contribution >= 0.6 is 0 Å². The van der Waals surface area contributed by atoms with Crippen molar-refractivity contribution >= 4 is 0 Å². The molecule has 0 bridgehead atoms. The molecule has 0 radical (unpaired) electrons. The molecule has 1 saturated carbocycles. The second-order valence-corrected chi connectivity index (χ2v) is 5.98. The van der Waals surface area contributed by atoms with Gasteiger partial charge in [-0.2, -0.15) is 0 Å². The number of hydrogen-bond acceptors (Lipinski definition) is 2. The number of hydrogen-bond donors (Lipinski definition) is 2. The first-order valence-corrected chi connectivity index (χ1v) is 7.09. The second-order valence-electron chi connectivity index (χ2n) is 5.98. The summed E-state index contributed by atoms with van der Waals surface area (Å²) in [5, 5.41) is 3.56. The van der Waals surface area contributed by atoms with Crippen LogP contribution in [-0.2, 0) is 0 Å². The normalized spacial score (nSPS) is 18.0. The van der Waals surface area contributed by atoms with E-state index in [9.17, 15) is 0 Å². The number of nitrogens with one attached hydrogen (secondary N) is 1. The molecule has 1 rings (SSSR count). The summed E-state index contributed by atoms with van der Waals surface area (Å²) in [5.41, 5.74) is 6.24. The molecule has 2 heteroatoms. The fourth-order valence-corrected chi connectivity index (χ4v) is 2.14. The van der Waals surface area contributed by atoms with E-state index in [1.165, 1.54) is 51.5 Å². The SMILES string of the molecule is CC(C)CCCCCCNCC1(CN)CC1. The van der Waals surface area contributed by atoms with Crippen molar-refractivity contribution in [2.24, 2.45) is 17.1 Å². The summed E-state index contributed by atoms with van der Waals surface area (Å²) in [6.07, 6.45) is 9.60. The van der Waals surface area contributed by atoms with E-state index < -0.39 is 0 Å². The van der Waals surface area contributed by atoms with Gasteiger partial charge in [0, 0.05) is 6.54 Å². The van der Waals surface area contributed by atoms with Gasteiger partial charge in [-0.25, -0.2) is 0 Å². The van der Waals surface area contributed by atoms with Gasteiger partial charge in [0.25, 0.3) is 0 Å². The van der Waals surface area contributed by atoms with Crippen molar-refractivity contribution in [3.63, 3.8) is 0 Å². The molecule has 2 nitrogen and oxygen atoms in total. The standard InChI is InChI=1S/C14H30N2/c1-13(2)7-5-3-4-6-10-16-12-14(11-15)8-9-14/h13,16H,3-12,15H2,1-2H3. The molecule has 0 aromatic rings. The average molecular weight is 226 g/mol. The van der Waals surface area contributed by atoms with Gasteiger partial charge < -0.3 is 11.1 Å². The maximum atomic E-state index is 5.74. The summed E-state index contributed by atoms with van der Waals surface area (Å²) in [5.74, 6) is 0.873. The number of nitrogens with two attached hydrogens (primary N) is 1. The van der Waals surface area contributed by atoms with Gasteiger partial charge in [0.15, 0.2) is 0 Å². The van der Waals surface area contributed by atoms with Crippen LogP contribution < -0.4 is 11.1 Å². The lowest BCUT2D eigenvalue weighted by Crippen LogP contribution is -2.30. The van der Waals surface area contributed by atoms with Gasteiger partial charge in [0.2, 0.25) is 0 Å². The Labute approximate surface area is 101 Å². The van der Waals surface area contributed by atoms with E-state index >= 15 is 0 Å². The van der Waals surface area contributed by atoms with Gasteiger partial charge >= 0.3 is 0 Å². The Hall–Kier alpha value is -0.0800. The van der Waals surface area contributed by atoms with Gasteiger partial charge in [-0.1, -0.05) is 39.5 Å². The van der Waals surface area contributed by atoms with E-state index in [-0.39, 0.29) is 0 Å². The zero-order valence-corrected chi connectivity index (χ0v) is 11.2. The Balaban J connectivity index is 1.78. The first-order chi connectivity index (χ1) is 7.68. The molecule has 0 unspecified atom stereocenters. The van der Waals surface area contributed by atoms with E-state index in [0.717, 1.165) is 19.0 Å².